The van der Waals surface area contributed by atoms with E-state index in [0.717, 1.165) is 0 Å². The number of sulfonamides is 1. The molecule has 1 aromatic carbocycles. The van der Waals surface area contributed by atoms with Crippen LogP contribution in [0.3, 0.4) is 0 Å². The van der Waals surface area contributed by atoms with Gasteiger partial charge in [-0.25, -0.2) is 18.1 Å². The van der Waals surface area contributed by atoms with Crippen molar-refractivity contribution in [2.45, 2.75) is 29.9 Å². The van der Waals surface area contributed by atoms with E-state index < -0.39 is 27.6 Å². The summed E-state index contributed by atoms with van der Waals surface area (Å²) in [6.07, 6.45) is 2.91. The Bertz CT molecular complexity index is 854. The molecular weight excluding hydrogens is 394 g/mol. The largest absolute Gasteiger partial charge is 0.476 e. The van der Waals surface area contributed by atoms with Gasteiger partial charge in [-0.1, -0.05) is 11.6 Å². The minimum absolute atomic E-state index is 0.00760. The van der Waals surface area contributed by atoms with Crippen molar-refractivity contribution in [3.05, 3.63) is 47.9 Å². The summed E-state index contributed by atoms with van der Waals surface area (Å²) in [7, 11) is -3.78. The molecule has 1 saturated carbocycles. The number of aromatic nitrogens is 2. The van der Waals surface area contributed by atoms with Crippen LogP contribution in [-0.4, -0.2) is 54.0 Å². The highest BCUT2D eigenvalue weighted by atomic mass is 35.5. The van der Waals surface area contributed by atoms with Gasteiger partial charge in [0.2, 0.25) is 15.9 Å². The van der Waals surface area contributed by atoms with Crippen molar-refractivity contribution in [1.29, 1.82) is 0 Å². The lowest BCUT2D eigenvalue weighted by Crippen LogP contribution is -2.40. The molecule has 0 bridgehead atoms. The van der Waals surface area contributed by atoms with Crippen LogP contribution in [0.1, 0.15) is 12.8 Å². The molecule has 8 nitrogen and oxygen atoms in total. The average molecular weight is 414 g/mol. The van der Waals surface area contributed by atoms with E-state index >= 15 is 0 Å². The van der Waals surface area contributed by atoms with Crippen molar-refractivity contribution in [3.8, 4) is 5.88 Å². The van der Waals surface area contributed by atoms with Crippen LogP contribution in [0.15, 0.2) is 47.8 Å². The van der Waals surface area contributed by atoms with E-state index in [9.17, 15) is 18.6 Å². The topological polar surface area (TPSA) is 122 Å². The maximum absolute atomic E-state index is 12.5. The fourth-order valence-corrected chi connectivity index (χ4v) is 4.37. The third kappa shape index (κ3) is 4.94. The highest BCUT2D eigenvalue weighted by molar-refractivity contribution is 7.89. The van der Waals surface area contributed by atoms with E-state index in [2.05, 4.69) is 14.7 Å². The number of hydrogen-bond donors (Lipinski definition) is 3. The first kappa shape index (κ1) is 20.0. The third-order valence-corrected chi connectivity index (χ3v) is 6.22. The number of nitrogens with one attached hydrogen (secondary N) is 1. The summed E-state index contributed by atoms with van der Waals surface area (Å²) < 4.78 is 33.2. The molecule has 10 heteroatoms. The van der Waals surface area contributed by atoms with Gasteiger partial charge < -0.3 is 14.9 Å². The molecular formula is C17H20ClN3O5S. The molecule has 0 saturated heterocycles. The molecule has 1 heterocycles. The first-order valence-electron chi connectivity index (χ1n) is 8.30. The normalized spacial score (nSPS) is 25.4. The van der Waals surface area contributed by atoms with E-state index in [4.69, 9.17) is 16.3 Å². The summed E-state index contributed by atoms with van der Waals surface area (Å²) in [6, 6.07) is 5.80. The number of halogens is 1. The predicted octanol–water partition coefficient (Wildman–Crippen LogP) is 0.989. The fourth-order valence-electron chi connectivity index (χ4n) is 3.09. The number of rotatable bonds is 7. The van der Waals surface area contributed by atoms with E-state index in [0.29, 0.717) is 5.02 Å². The minimum atomic E-state index is -3.78. The Morgan fingerprint density at radius 3 is 2.44 bits per heavy atom. The van der Waals surface area contributed by atoms with Crippen LogP contribution in [0.2, 0.25) is 5.02 Å². The molecule has 0 amide bonds. The second-order valence-corrected chi connectivity index (χ2v) is 8.86. The van der Waals surface area contributed by atoms with Crippen molar-refractivity contribution in [2.75, 3.05) is 13.2 Å². The quantitative estimate of drug-likeness (QED) is 0.618. The first-order chi connectivity index (χ1) is 12.8. The molecule has 2 atom stereocenters. The molecule has 0 spiro atoms. The van der Waals surface area contributed by atoms with Crippen LogP contribution in [0.5, 0.6) is 5.88 Å². The molecule has 0 radical (unpaired) electrons. The maximum Gasteiger partial charge on any atom is 0.240 e. The number of hydrogen-bond acceptors (Lipinski definition) is 7. The van der Waals surface area contributed by atoms with E-state index in [1.165, 1.54) is 42.9 Å². The lowest BCUT2D eigenvalue weighted by atomic mass is 9.87. The summed E-state index contributed by atoms with van der Waals surface area (Å²) in [5.74, 6) is 0.285. The van der Waals surface area contributed by atoms with Crippen molar-refractivity contribution < 1.29 is 23.4 Å². The van der Waals surface area contributed by atoms with E-state index in [-0.39, 0.29) is 36.8 Å². The second kappa shape index (κ2) is 8.07. The molecule has 1 aromatic heterocycles. The van der Waals surface area contributed by atoms with E-state index in [1.807, 2.05) is 0 Å². The zero-order valence-corrected chi connectivity index (χ0v) is 15.9. The predicted molar refractivity (Wildman–Crippen MR) is 97.8 cm³/mol. The van der Waals surface area contributed by atoms with Crippen molar-refractivity contribution in [3.63, 3.8) is 0 Å². The summed E-state index contributed by atoms with van der Waals surface area (Å²) in [5, 5.41) is 20.4. The Labute approximate surface area is 162 Å². The van der Waals surface area contributed by atoms with Gasteiger partial charge in [0, 0.05) is 29.4 Å². The molecule has 0 aliphatic heterocycles. The minimum Gasteiger partial charge on any atom is -0.476 e. The van der Waals surface area contributed by atoms with Gasteiger partial charge in [-0.15, -0.1) is 0 Å². The molecule has 3 rings (SSSR count). The zero-order valence-electron chi connectivity index (χ0n) is 14.3. The Morgan fingerprint density at radius 1 is 1.19 bits per heavy atom. The second-order valence-electron chi connectivity index (χ2n) is 6.65. The summed E-state index contributed by atoms with van der Waals surface area (Å²) in [6.45, 7) is 0.0648. The first-order valence-corrected chi connectivity index (χ1v) is 10.2. The molecule has 2 aromatic rings. The monoisotopic (exact) mass is 413 g/mol. The number of aliphatic hydroxyl groups is 2. The Hall–Kier alpha value is -1.78. The van der Waals surface area contributed by atoms with Crippen LogP contribution in [0.25, 0.3) is 0 Å². The van der Waals surface area contributed by atoms with Gasteiger partial charge in [-0.05, 0) is 37.1 Å². The lowest BCUT2D eigenvalue weighted by molar-refractivity contribution is 0.0438. The van der Waals surface area contributed by atoms with Gasteiger partial charge in [0.25, 0.3) is 0 Å². The van der Waals surface area contributed by atoms with Crippen molar-refractivity contribution in [2.24, 2.45) is 5.41 Å². The number of ether oxygens (including phenoxy) is 1. The molecule has 3 N–H and O–H groups in total. The highest BCUT2D eigenvalue weighted by Crippen LogP contribution is 2.38. The number of aliphatic hydroxyl groups excluding tert-OH is 2. The van der Waals surface area contributed by atoms with Crippen molar-refractivity contribution in [1.82, 2.24) is 14.7 Å². The Balaban J connectivity index is 1.73. The number of nitrogens with zero attached hydrogens (tertiary/aromatic N) is 2. The molecule has 1 aliphatic rings. The maximum atomic E-state index is 12.5. The Morgan fingerprint density at radius 2 is 1.85 bits per heavy atom. The van der Waals surface area contributed by atoms with Gasteiger partial charge in [-0.3, -0.25) is 4.98 Å². The third-order valence-electron chi connectivity index (χ3n) is 4.56. The number of benzene rings is 1. The van der Waals surface area contributed by atoms with Gasteiger partial charge in [0.1, 0.15) is 0 Å². The van der Waals surface area contributed by atoms with Crippen LogP contribution in [0, 0.1) is 5.41 Å². The Kier molecular flexibility index (Phi) is 5.97. The summed E-state index contributed by atoms with van der Waals surface area (Å²) in [5.41, 5.74) is -0.782. The average Bonchev–Trinajstić information content (AvgIpc) is 2.94. The molecule has 146 valence electrons. The molecule has 1 aliphatic carbocycles. The van der Waals surface area contributed by atoms with Crippen LogP contribution >= 0.6 is 11.6 Å². The van der Waals surface area contributed by atoms with Crippen LogP contribution in [-0.2, 0) is 10.0 Å². The highest BCUT2D eigenvalue weighted by Gasteiger charge is 2.45. The fraction of sp³-hybridized carbons (Fsp3) is 0.412. The molecule has 2 unspecified atom stereocenters. The van der Waals surface area contributed by atoms with Crippen molar-refractivity contribution >= 4 is 21.6 Å². The standard InChI is InChI=1S/C17H20ClN3O5S/c18-12-1-3-13(4-2-12)27(24,25)21-10-17(7-14(22)15(23)8-17)11-26-16-9-19-5-6-20-16/h1-6,9,14-15,21-23H,7-8,10-11H2. The van der Waals surface area contributed by atoms with Crippen LogP contribution in [0.4, 0.5) is 0 Å². The van der Waals surface area contributed by atoms with Gasteiger partial charge in [0.05, 0.1) is 29.9 Å². The smallest absolute Gasteiger partial charge is 0.240 e. The molecule has 1 fully saturated rings. The van der Waals surface area contributed by atoms with Crippen LogP contribution < -0.4 is 9.46 Å². The zero-order chi connectivity index (χ0) is 19.5. The van der Waals surface area contributed by atoms with E-state index in [1.54, 1.807) is 0 Å². The summed E-state index contributed by atoms with van der Waals surface area (Å²) in [4.78, 5) is 8.00. The SMILES string of the molecule is O=S(=O)(NCC1(COc2cnccn2)CC(O)C(O)C1)c1ccc(Cl)cc1. The summed E-state index contributed by atoms with van der Waals surface area (Å²) >= 11 is 5.80. The van der Waals surface area contributed by atoms with Gasteiger partial charge in [0.15, 0.2) is 0 Å². The van der Waals surface area contributed by atoms with Gasteiger partial charge >= 0.3 is 0 Å². The van der Waals surface area contributed by atoms with Gasteiger partial charge in [-0.2, -0.15) is 0 Å². The lowest BCUT2D eigenvalue weighted by Gasteiger charge is -2.28. The molecule has 27 heavy (non-hydrogen) atoms.